The predicted octanol–water partition coefficient (Wildman–Crippen LogP) is 8.72. The number of thioether (sulfide) groups is 1. The molecule has 8 nitrogen and oxygen atoms in total. The molecule has 45 heavy (non-hydrogen) atoms. The van der Waals surface area contributed by atoms with Gasteiger partial charge in [-0.2, -0.15) is 4.98 Å². The van der Waals surface area contributed by atoms with Crippen molar-refractivity contribution in [2.45, 2.75) is 63.6 Å². The summed E-state index contributed by atoms with van der Waals surface area (Å²) in [5, 5.41) is 9.30. The average molecular weight is 712 g/mol. The Hall–Kier alpha value is -3.47. The van der Waals surface area contributed by atoms with Crippen molar-refractivity contribution in [3.05, 3.63) is 104 Å². The summed E-state index contributed by atoms with van der Waals surface area (Å²) in [7, 11) is 1.59. The van der Waals surface area contributed by atoms with E-state index in [-0.39, 0.29) is 12.0 Å². The number of hydrogen-bond acceptors (Lipinski definition) is 8. The van der Waals surface area contributed by atoms with Crippen LogP contribution in [0.25, 0.3) is 0 Å². The lowest BCUT2D eigenvalue weighted by molar-refractivity contribution is -0.139. The van der Waals surface area contributed by atoms with Gasteiger partial charge >= 0.3 is 5.97 Å². The number of nitrogens with one attached hydrogen (secondary N) is 1. The van der Waals surface area contributed by atoms with E-state index >= 15 is 0 Å². The Morgan fingerprint density at radius 3 is 2.53 bits per heavy atom. The van der Waals surface area contributed by atoms with Gasteiger partial charge in [0.25, 0.3) is 0 Å². The van der Waals surface area contributed by atoms with Gasteiger partial charge in [-0.15, -0.1) is 5.10 Å². The number of benzene rings is 3. The SMILES string of the molecule is CCOC(=O)C1=C(C)Nc2nc(SCc3ccccc3Cl)nn2C1c1cc(Br)c(OCc2ccc(C(C)(C)C)cc2)c(OC)c1. The van der Waals surface area contributed by atoms with Crippen LogP contribution in [0.2, 0.25) is 5.02 Å². The van der Waals surface area contributed by atoms with Gasteiger partial charge in [-0.05, 0) is 75.6 Å². The van der Waals surface area contributed by atoms with E-state index in [0.29, 0.717) is 55.7 Å². The highest BCUT2D eigenvalue weighted by Gasteiger charge is 2.36. The molecule has 236 valence electrons. The van der Waals surface area contributed by atoms with Crippen molar-refractivity contribution in [2.24, 2.45) is 0 Å². The number of nitrogens with zero attached hydrogens (tertiary/aromatic N) is 3. The molecule has 1 aliphatic rings. The van der Waals surface area contributed by atoms with Gasteiger partial charge in [-0.1, -0.05) is 86.6 Å². The fourth-order valence-corrected chi connectivity index (χ4v) is 6.71. The quantitative estimate of drug-likeness (QED) is 0.129. The molecule has 2 heterocycles. The number of carbonyl (C=O) groups excluding carboxylic acids is 1. The van der Waals surface area contributed by atoms with Crippen LogP contribution in [-0.2, 0) is 27.3 Å². The maximum atomic E-state index is 13.3. The van der Waals surface area contributed by atoms with Crippen molar-refractivity contribution in [3.63, 3.8) is 0 Å². The van der Waals surface area contributed by atoms with Crippen molar-refractivity contribution in [2.75, 3.05) is 19.0 Å². The van der Waals surface area contributed by atoms with Gasteiger partial charge < -0.3 is 19.5 Å². The highest BCUT2D eigenvalue weighted by Crippen LogP contribution is 2.43. The number of methoxy groups -OCH3 is 1. The Kier molecular flexibility index (Phi) is 10.2. The molecule has 0 aliphatic carbocycles. The maximum Gasteiger partial charge on any atom is 0.338 e. The number of carbonyl (C=O) groups is 1. The molecule has 0 spiro atoms. The molecule has 5 rings (SSSR count). The zero-order chi connectivity index (χ0) is 32.3. The minimum absolute atomic E-state index is 0.0737. The first-order valence-electron chi connectivity index (χ1n) is 14.6. The van der Waals surface area contributed by atoms with Crippen LogP contribution in [0, 0.1) is 0 Å². The molecular weight excluding hydrogens is 676 g/mol. The fraction of sp³-hybridized carbons (Fsp3) is 0.324. The summed E-state index contributed by atoms with van der Waals surface area (Å²) >= 11 is 11.5. The van der Waals surface area contributed by atoms with Crippen molar-refractivity contribution in [1.82, 2.24) is 14.8 Å². The molecule has 1 N–H and O–H groups in total. The van der Waals surface area contributed by atoms with Crippen molar-refractivity contribution in [3.8, 4) is 11.5 Å². The molecule has 11 heteroatoms. The topological polar surface area (TPSA) is 87.5 Å². The number of rotatable bonds is 10. The van der Waals surface area contributed by atoms with Gasteiger partial charge in [0.15, 0.2) is 11.5 Å². The smallest absolute Gasteiger partial charge is 0.338 e. The number of allylic oxidation sites excluding steroid dienone is 1. The molecule has 3 aromatic carbocycles. The molecule has 0 radical (unpaired) electrons. The Morgan fingerprint density at radius 1 is 1.13 bits per heavy atom. The number of anilines is 1. The van der Waals surface area contributed by atoms with Crippen LogP contribution in [-0.4, -0.2) is 34.5 Å². The van der Waals surface area contributed by atoms with Crippen LogP contribution < -0.4 is 14.8 Å². The van der Waals surface area contributed by atoms with E-state index in [2.05, 4.69) is 66.3 Å². The van der Waals surface area contributed by atoms with Gasteiger partial charge in [0.05, 0.1) is 23.8 Å². The summed E-state index contributed by atoms with van der Waals surface area (Å²) < 4.78 is 20.0. The van der Waals surface area contributed by atoms with Crippen molar-refractivity contribution in [1.29, 1.82) is 0 Å². The van der Waals surface area contributed by atoms with Crippen molar-refractivity contribution < 1.29 is 19.0 Å². The van der Waals surface area contributed by atoms with Crippen LogP contribution in [0.3, 0.4) is 0 Å². The maximum absolute atomic E-state index is 13.3. The molecule has 0 bridgehead atoms. The first-order chi connectivity index (χ1) is 21.5. The lowest BCUT2D eigenvalue weighted by atomic mass is 9.87. The Morgan fingerprint density at radius 2 is 1.87 bits per heavy atom. The molecule has 1 atom stereocenters. The van der Waals surface area contributed by atoms with E-state index < -0.39 is 12.0 Å². The number of aromatic nitrogens is 3. The van der Waals surface area contributed by atoms with Crippen molar-refractivity contribution >= 4 is 51.2 Å². The first-order valence-corrected chi connectivity index (χ1v) is 16.7. The average Bonchev–Trinajstić information content (AvgIpc) is 3.41. The number of halogens is 2. The molecule has 0 amide bonds. The third-order valence-corrected chi connectivity index (χ3v) is 9.26. The minimum Gasteiger partial charge on any atom is -0.493 e. The van der Waals surface area contributed by atoms with Gasteiger partial charge in [0, 0.05) is 16.5 Å². The summed E-state index contributed by atoms with van der Waals surface area (Å²) in [4.78, 5) is 18.1. The van der Waals surface area contributed by atoms with Crippen LogP contribution in [0.4, 0.5) is 5.95 Å². The number of hydrogen-bond donors (Lipinski definition) is 1. The molecule has 4 aromatic rings. The van der Waals surface area contributed by atoms with Crippen LogP contribution in [0.1, 0.15) is 62.9 Å². The Bertz CT molecular complexity index is 1730. The predicted molar refractivity (Wildman–Crippen MR) is 182 cm³/mol. The lowest BCUT2D eigenvalue weighted by Gasteiger charge is -2.28. The van der Waals surface area contributed by atoms with Gasteiger partial charge in [0.2, 0.25) is 11.1 Å². The number of ether oxygens (including phenoxy) is 3. The molecule has 0 fully saturated rings. The second-order valence-electron chi connectivity index (χ2n) is 11.6. The number of esters is 1. The standard InChI is InChI=1S/C34H36BrClN4O4S/c1-7-43-31(41)28-20(2)37-32-38-33(45-19-22-10-8-9-11-26(22)36)39-40(32)29(28)23-16-25(35)30(27(17-23)42-6)44-18-21-12-14-24(15-13-21)34(3,4)5/h8-17,29H,7,18-19H2,1-6H3,(H,37,38,39). The van der Waals surface area contributed by atoms with Crippen LogP contribution in [0.5, 0.6) is 11.5 Å². The Labute approximate surface area is 281 Å². The highest BCUT2D eigenvalue weighted by molar-refractivity contribution is 9.10. The summed E-state index contributed by atoms with van der Waals surface area (Å²) in [6.07, 6.45) is 0. The van der Waals surface area contributed by atoms with E-state index in [1.54, 1.807) is 18.7 Å². The highest BCUT2D eigenvalue weighted by atomic mass is 79.9. The molecule has 0 saturated heterocycles. The van der Waals surface area contributed by atoms with Gasteiger partial charge in [-0.3, -0.25) is 0 Å². The lowest BCUT2D eigenvalue weighted by Crippen LogP contribution is -2.29. The zero-order valence-electron chi connectivity index (χ0n) is 26.1. The van der Waals surface area contributed by atoms with Crippen LogP contribution in [0.15, 0.2) is 81.6 Å². The summed E-state index contributed by atoms with van der Waals surface area (Å²) in [6.45, 7) is 10.8. The largest absolute Gasteiger partial charge is 0.493 e. The normalized spacial score (nSPS) is 14.5. The first kappa shape index (κ1) is 32.9. The number of fused-ring (bicyclic) bond motifs is 1. The molecule has 1 unspecified atom stereocenters. The monoisotopic (exact) mass is 710 g/mol. The van der Waals surface area contributed by atoms with E-state index in [0.717, 1.165) is 16.7 Å². The molecular formula is C34H36BrClN4O4S. The molecule has 0 saturated carbocycles. The Balaban J connectivity index is 1.47. The van der Waals surface area contributed by atoms with Gasteiger partial charge in [0.1, 0.15) is 12.6 Å². The third-order valence-electron chi connectivity index (χ3n) is 7.41. The second kappa shape index (κ2) is 13.9. The summed E-state index contributed by atoms with van der Waals surface area (Å²) in [6, 6.07) is 19.3. The summed E-state index contributed by atoms with van der Waals surface area (Å²) in [5.41, 5.74) is 5.17. The van der Waals surface area contributed by atoms with E-state index in [1.807, 2.05) is 43.3 Å². The van der Waals surface area contributed by atoms with E-state index in [9.17, 15) is 4.79 Å². The van der Waals surface area contributed by atoms with E-state index in [4.69, 9.17) is 35.9 Å². The molecule has 1 aromatic heterocycles. The second-order valence-corrected chi connectivity index (χ2v) is 13.8. The van der Waals surface area contributed by atoms with Gasteiger partial charge in [-0.25, -0.2) is 9.48 Å². The minimum atomic E-state index is -0.633. The molecule has 1 aliphatic heterocycles. The van der Waals surface area contributed by atoms with Crippen LogP contribution >= 0.6 is 39.3 Å². The zero-order valence-corrected chi connectivity index (χ0v) is 29.3. The van der Waals surface area contributed by atoms with E-state index in [1.165, 1.54) is 17.3 Å². The third kappa shape index (κ3) is 7.34. The summed E-state index contributed by atoms with van der Waals surface area (Å²) in [5.74, 6) is 1.74. The fourth-order valence-electron chi connectivity index (χ4n) is 5.03.